The molecule has 14 nitrogen and oxygen atoms in total. The lowest BCUT2D eigenvalue weighted by Crippen LogP contribution is -2.37. The summed E-state index contributed by atoms with van der Waals surface area (Å²) in [5, 5.41) is 9.00. The van der Waals surface area contributed by atoms with E-state index in [4.69, 9.17) is 16.3 Å². The zero-order chi connectivity index (χ0) is 42.2. The number of rotatable bonds is 8. The van der Waals surface area contributed by atoms with Gasteiger partial charge in [0.2, 0.25) is 11.8 Å². The predicted molar refractivity (Wildman–Crippen MR) is 237 cm³/mol. The van der Waals surface area contributed by atoms with Gasteiger partial charge in [0.1, 0.15) is 38.9 Å². The average Bonchev–Trinajstić information content (AvgIpc) is 3.91. The predicted octanol–water partition coefficient (Wildman–Crippen LogP) is 7.06. The molecule has 0 radical (unpaired) electrons. The number of carbonyl (C=O) groups excluding carboxylic acids is 3. The molecule has 4 aromatic heterocycles. The standard InChI is InChI=1S/C29H37N7O3S.C13H14ClN3OS/c1-29(2,3)39-28(38)31-9-10-36(6)22-12-19-15-30-14-18(19)11-21(22)34-25-24-20-8-7-17(27(37)35(4)5)13-23(20)40-26(24)33-16-32-25;1-17(2)13(18)7-3-4-8-9(5-7)19-12-10(8)11(14)15-6-16-12/h11-12,14,16-17H,7-10,13,15H2,1-6H3,(H,31,38)(H,32,33,34);6-7H,3-5H2,1-2H3/t17-;7-/m00/s1. The molecule has 17 heteroatoms. The van der Waals surface area contributed by atoms with E-state index in [9.17, 15) is 14.4 Å². The third-order valence-electron chi connectivity index (χ3n) is 10.8. The largest absolute Gasteiger partial charge is 0.444 e. The smallest absolute Gasteiger partial charge is 0.407 e. The van der Waals surface area contributed by atoms with Crippen LogP contribution >= 0.6 is 34.3 Å². The topological polar surface area (TPSA) is 158 Å². The molecular weight excluding hydrogens is 808 g/mol. The molecular formula is C42H51ClN10O4S2. The van der Waals surface area contributed by atoms with Crippen LogP contribution in [0, 0.1) is 11.8 Å². The molecule has 5 heterocycles. The number of benzene rings is 1. The highest BCUT2D eigenvalue weighted by Crippen LogP contribution is 2.43. The summed E-state index contributed by atoms with van der Waals surface area (Å²) in [6.07, 6.45) is 9.49. The summed E-state index contributed by atoms with van der Waals surface area (Å²) in [6.45, 7) is 7.21. The number of nitrogens with one attached hydrogen (secondary N) is 2. The number of aryl methyl sites for hydroxylation is 2. The molecule has 8 rings (SSSR count). The molecule has 5 aromatic rings. The minimum absolute atomic E-state index is 0.00507. The van der Waals surface area contributed by atoms with Crippen LogP contribution in [-0.4, -0.2) is 108 Å². The van der Waals surface area contributed by atoms with Crippen LogP contribution in [0.5, 0.6) is 0 Å². The second kappa shape index (κ2) is 17.3. The number of hydrogen-bond acceptors (Lipinski definition) is 13. The first kappa shape index (κ1) is 42.2. The Morgan fingerprint density at radius 2 is 1.44 bits per heavy atom. The summed E-state index contributed by atoms with van der Waals surface area (Å²) in [4.78, 5) is 68.7. The van der Waals surface area contributed by atoms with Crippen LogP contribution < -0.4 is 15.5 Å². The zero-order valence-corrected chi connectivity index (χ0v) is 37.2. The molecule has 0 spiro atoms. The van der Waals surface area contributed by atoms with Gasteiger partial charge in [0.25, 0.3) is 0 Å². The van der Waals surface area contributed by atoms with Gasteiger partial charge in [-0.25, -0.2) is 24.7 Å². The third-order valence-corrected chi connectivity index (χ3v) is 13.4. The number of amides is 3. The van der Waals surface area contributed by atoms with Gasteiger partial charge in [-0.2, -0.15) is 0 Å². The van der Waals surface area contributed by atoms with Crippen molar-refractivity contribution in [2.75, 3.05) is 58.5 Å². The molecule has 0 bridgehead atoms. The van der Waals surface area contributed by atoms with Crippen molar-refractivity contribution >= 4 is 96.0 Å². The van der Waals surface area contributed by atoms with E-state index in [0.717, 1.165) is 87.3 Å². The van der Waals surface area contributed by atoms with Crippen LogP contribution in [0.25, 0.3) is 20.4 Å². The number of thiophene rings is 2. The van der Waals surface area contributed by atoms with Gasteiger partial charge in [0.05, 0.1) is 28.7 Å². The summed E-state index contributed by atoms with van der Waals surface area (Å²) in [5.41, 5.74) is 6.07. The van der Waals surface area contributed by atoms with E-state index in [1.54, 1.807) is 38.8 Å². The van der Waals surface area contributed by atoms with Crippen molar-refractivity contribution in [2.24, 2.45) is 16.8 Å². The molecule has 3 amide bonds. The van der Waals surface area contributed by atoms with E-state index in [2.05, 4.69) is 52.6 Å². The Morgan fingerprint density at radius 3 is 2.05 bits per heavy atom. The molecule has 2 N–H and O–H groups in total. The van der Waals surface area contributed by atoms with E-state index in [0.29, 0.717) is 24.8 Å². The van der Waals surface area contributed by atoms with Crippen molar-refractivity contribution in [3.05, 3.63) is 61.9 Å². The number of hydrogen-bond donors (Lipinski definition) is 2. The lowest BCUT2D eigenvalue weighted by Gasteiger charge is -2.25. The SMILES string of the molecule is CN(C)C(=O)[C@H]1CCc2c(sc3ncnc(Cl)c23)C1.CN(C)C(=O)[C@H]1CCc2c(sc3ncnc(Nc4cc5c(cc4N(C)CCNC(=O)OC(C)(C)C)CN=C5)c23)C1. The Kier molecular flexibility index (Phi) is 12.4. The van der Waals surface area contributed by atoms with Gasteiger partial charge in [-0.15, -0.1) is 22.7 Å². The maximum atomic E-state index is 12.6. The Labute approximate surface area is 357 Å². The van der Waals surface area contributed by atoms with E-state index in [-0.39, 0.29) is 23.7 Å². The molecule has 0 fully saturated rings. The number of ether oxygens (including phenoxy) is 1. The lowest BCUT2D eigenvalue weighted by molar-refractivity contribution is -0.134. The van der Waals surface area contributed by atoms with Crippen molar-refractivity contribution in [3.8, 4) is 0 Å². The van der Waals surface area contributed by atoms with Gasteiger partial charge in [0.15, 0.2) is 0 Å². The number of alkyl carbamates (subject to hydrolysis) is 1. The Bertz CT molecular complexity index is 2440. The maximum Gasteiger partial charge on any atom is 0.407 e. The zero-order valence-electron chi connectivity index (χ0n) is 34.8. The molecule has 0 unspecified atom stereocenters. The quantitative estimate of drug-likeness (QED) is 0.155. The van der Waals surface area contributed by atoms with Crippen LogP contribution in [0.1, 0.15) is 65.6 Å². The summed E-state index contributed by atoms with van der Waals surface area (Å²) < 4.78 is 5.37. The fraction of sp³-hybridized carbons (Fsp3) is 0.476. The van der Waals surface area contributed by atoms with Crippen LogP contribution in [0.3, 0.4) is 0 Å². The molecule has 2 aliphatic carbocycles. The molecule has 2 atom stereocenters. The van der Waals surface area contributed by atoms with Gasteiger partial charge in [-0.3, -0.25) is 14.6 Å². The highest BCUT2D eigenvalue weighted by molar-refractivity contribution is 7.19. The van der Waals surface area contributed by atoms with Gasteiger partial charge in [0, 0.05) is 76.1 Å². The second-order valence-electron chi connectivity index (χ2n) is 16.6. The van der Waals surface area contributed by atoms with E-state index in [1.807, 2.05) is 62.2 Å². The van der Waals surface area contributed by atoms with Gasteiger partial charge in [-0.05, 0) is 93.7 Å². The van der Waals surface area contributed by atoms with Crippen molar-refractivity contribution in [3.63, 3.8) is 0 Å². The van der Waals surface area contributed by atoms with Crippen molar-refractivity contribution < 1.29 is 19.1 Å². The number of carbonyl (C=O) groups is 3. The molecule has 1 aliphatic heterocycles. The lowest BCUT2D eigenvalue weighted by atomic mass is 9.87. The Morgan fingerprint density at radius 1 is 0.847 bits per heavy atom. The van der Waals surface area contributed by atoms with Crippen molar-refractivity contribution in [1.29, 1.82) is 0 Å². The van der Waals surface area contributed by atoms with E-state index in [1.165, 1.54) is 27.2 Å². The minimum atomic E-state index is -0.542. The fourth-order valence-electron chi connectivity index (χ4n) is 7.88. The van der Waals surface area contributed by atoms with E-state index < -0.39 is 11.7 Å². The van der Waals surface area contributed by atoms with Gasteiger partial charge >= 0.3 is 6.09 Å². The monoisotopic (exact) mass is 858 g/mol. The number of fused-ring (bicyclic) bond motifs is 7. The minimum Gasteiger partial charge on any atom is -0.444 e. The van der Waals surface area contributed by atoms with Crippen LogP contribution in [-0.2, 0) is 46.6 Å². The first-order chi connectivity index (χ1) is 28.1. The summed E-state index contributed by atoms with van der Waals surface area (Å²) in [7, 11) is 9.26. The van der Waals surface area contributed by atoms with Crippen LogP contribution in [0.4, 0.5) is 22.0 Å². The normalized spacial score (nSPS) is 16.7. The number of aliphatic imine (C=N–C) groups is 1. The molecule has 0 saturated heterocycles. The number of nitrogens with zero attached hydrogens (tertiary/aromatic N) is 8. The highest BCUT2D eigenvalue weighted by atomic mass is 35.5. The molecule has 312 valence electrons. The summed E-state index contributed by atoms with van der Waals surface area (Å²) in [5.74, 6) is 1.24. The second-order valence-corrected chi connectivity index (χ2v) is 19.1. The molecule has 3 aliphatic rings. The van der Waals surface area contributed by atoms with Crippen molar-refractivity contribution in [1.82, 2.24) is 35.1 Å². The maximum absolute atomic E-state index is 12.6. The Balaban J connectivity index is 0.000000231. The number of anilines is 3. The van der Waals surface area contributed by atoms with Crippen LogP contribution in [0.2, 0.25) is 5.15 Å². The first-order valence-corrected chi connectivity index (χ1v) is 21.8. The molecule has 1 aromatic carbocycles. The number of aromatic nitrogens is 4. The third kappa shape index (κ3) is 9.29. The van der Waals surface area contributed by atoms with E-state index >= 15 is 0 Å². The average molecular weight is 860 g/mol. The van der Waals surface area contributed by atoms with Gasteiger partial charge < -0.3 is 30.1 Å². The molecule has 59 heavy (non-hydrogen) atoms. The first-order valence-electron chi connectivity index (χ1n) is 19.8. The highest BCUT2D eigenvalue weighted by Gasteiger charge is 2.31. The summed E-state index contributed by atoms with van der Waals surface area (Å²) >= 11 is 9.47. The molecule has 0 saturated carbocycles. The number of likely N-dealkylation sites (N-methyl/N-ethyl adjacent to an activating group) is 1. The van der Waals surface area contributed by atoms with Gasteiger partial charge in [-0.1, -0.05) is 11.6 Å². The van der Waals surface area contributed by atoms with Crippen LogP contribution in [0.15, 0.2) is 29.8 Å². The fourth-order valence-corrected chi connectivity index (χ4v) is 10.7. The number of halogens is 1. The van der Waals surface area contributed by atoms with Crippen molar-refractivity contribution in [2.45, 2.75) is 71.4 Å². The Hall–Kier alpha value is -4.93. The summed E-state index contributed by atoms with van der Waals surface area (Å²) in [6, 6.07) is 4.26.